The Bertz CT molecular complexity index is 1190. The van der Waals surface area contributed by atoms with Crippen molar-refractivity contribution >= 4 is 39.3 Å². The minimum absolute atomic E-state index is 0.0271. The Morgan fingerprint density at radius 3 is 3.00 bits per heavy atom. The summed E-state index contributed by atoms with van der Waals surface area (Å²) >= 11 is 1.67. The highest BCUT2D eigenvalue weighted by molar-refractivity contribution is 7.10. The number of para-hydroxylation sites is 1. The number of amides is 1. The molecule has 1 unspecified atom stereocenters. The molecule has 1 saturated heterocycles. The minimum Gasteiger partial charge on any atom is -0.448 e. The van der Waals surface area contributed by atoms with Crippen LogP contribution in [0.4, 0.5) is 0 Å². The van der Waals surface area contributed by atoms with Gasteiger partial charge in [-0.2, -0.15) is 0 Å². The molecule has 1 fully saturated rings. The molecule has 5 rings (SSSR count). The molecular weight excluding hydrogens is 362 g/mol. The number of rotatable bonds is 3. The fraction of sp³-hybridized carbons (Fsp3) is 0.250. The van der Waals surface area contributed by atoms with Gasteiger partial charge in [-0.1, -0.05) is 18.2 Å². The van der Waals surface area contributed by atoms with Crippen LogP contribution < -0.4 is 5.56 Å². The summed E-state index contributed by atoms with van der Waals surface area (Å²) in [5.41, 5.74) is 1.04. The van der Waals surface area contributed by atoms with Crippen LogP contribution in [0.1, 0.15) is 23.8 Å². The van der Waals surface area contributed by atoms with Gasteiger partial charge in [-0.3, -0.25) is 14.2 Å². The van der Waals surface area contributed by atoms with Crippen molar-refractivity contribution in [3.8, 4) is 0 Å². The maximum absolute atomic E-state index is 12.9. The van der Waals surface area contributed by atoms with Crippen molar-refractivity contribution in [1.29, 1.82) is 0 Å². The van der Waals surface area contributed by atoms with E-state index in [1.165, 1.54) is 15.8 Å². The van der Waals surface area contributed by atoms with Crippen LogP contribution in [0.15, 0.2) is 57.3 Å². The normalized spacial score (nSPS) is 17.2. The van der Waals surface area contributed by atoms with Crippen LogP contribution in [0.25, 0.3) is 22.1 Å². The molecule has 7 heteroatoms. The van der Waals surface area contributed by atoms with Crippen molar-refractivity contribution in [1.82, 2.24) is 14.5 Å². The molecule has 6 nitrogen and oxygen atoms in total. The summed E-state index contributed by atoms with van der Waals surface area (Å²) in [6.07, 6.45) is 3.38. The van der Waals surface area contributed by atoms with Gasteiger partial charge in [-0.05, 0) is 36.4 Å². The lowest BCUT2D eigenvalue weighted by Gasteiger charge is -2.24. The summed E-state index contributed by atoms with van der Waals surface area (Å²) in [6, 6.07) is 11.6. The van der Waals surface area contributed by atoms with Crippen molar-refractivity contribution in [3.05, 3.63) is 63.3 Å². The lowest BCUT2D eigenvalue weighted by Crippen LogP contribution is -2.36. The molecule has 1 aliphatic heterocycles. The highest BCUT2D eigenvalue weighted by Crippen LogP contribution is 2.34. The number of furan rings is 1. The predicted molar refractivity (Wildman–Crippen MR) is 104 cm³/mol. The zero-order valence-electron chi connectivity index (χ0n) is 14.5. The van der Waals surface area contributed by atoms with E-state index in [0.717, 1.165) is 24.8 Å². The van der Waals surface area contributed by atoms with E-state index in [1.807, 2.05) is 40.6 Å². The first-order chi connectivity index (χ1) is 13.2. The number of carbonyl (C=O) groups is 1. The number of carbonyl (C=O) groups excluding carboxylic acids is 1. The molecule has 1 atom stereocenters. The Hall–Kier alpha value is -2.93. The third-order valence-electron chi connectivity index (χ3n) is 5.10. The molecule has 4 heterocycles. The van der Waals surface area contributed by atoms with E-state index in [2.05, 4.69) is 11.1 Å². The SMILES string of the molecule is O=C(Cn1cnc2c(oc3ccccc32)c1=O)N1CCCC1c1cccs1. The van der Waals surface area contributed by atoms with Crippen LogP contribution in [0, 0.1) is 0 Å². The first-order valence-corrected chi connectivity index (χ1v) is 9.80. The van der Waals surface area contributed by atoms with E-state index in [1.54, 1.807) is 11.3 Å². The molecule has 0 spiro atoms. The maximum Gasteiger partial charge on any atom is 0.297 e. The zero-order valence-corrected chi connectivity index (χ0v) is 15.3. The van der Waals surface area contributed by atoms with Crippen molar-refractivity contribution in [3.63, 3.8) is 0 Å². The van der Waals surface area contributed by atoms with Crippen LogP contribution in [0.5, 0.6) is 0 Å². The average molecular weight is 379 g/mol. The third-order valence-corrected chi connectivity index (χ3v) is 6.07. The van der Waals surface area contributed by atoms with E-state index >= 15 is 0 Å². The molecular formula is C20H17N3O3S. The number of hydrogen-bond donors (Lipinski definition) is 0. The molecule has 0 saturated carbocycles. The Morgan fingerprint density at radius 2 is 2.15 bits per heavy atom. The van der Waals surface area contributed by atoms with Gasteiger partial charge in [0, 0.05) is 16.8 Å². The fourth-order valence-corrected chi connectivity index (χ4v) is 4.68. The average Bonchev–Trinajstić information content (AvgIpc) is 3.42. The third kappa shape index (κ3) is 2.66. The van der Waals surface area contributed by atoms with Gasteiger partial charge in [0.1, 0.15) is 17.6 Å². The first kappa shape index (κ1) is 16.3. The monoisotopic (exact) mass is 379 g/mol. The van der Waals surface area contributed by atoms with E-state index in [9.17, 15) is 9.59 Å². The van der Waals surface area contributed by atoms with E-state index in [0.29, 0.717) is 11.1 Å². The molecule has 4 aromatic rings. The topological polar surface area (TPSA) is 68.3 Å². The molecule has 0 aliphatic carbocycles. The number of aromatic nitrogens is 2. The van der Waals surface area contributed by atoms with Gasteiger partial charge >= 0.3 is 0 Å². The van der Waals surface area contributed by atoms with E-state index < -0.39 is 0 Å². The number of likely N-dealkylation sites (tertiary alicyclic amines) is 1. The van der Waals surface area contributed by atoms with Gasteiger partial charge in [0.25, 0.3) is 5.56 Å². The highest BCUT2D eigenvalue weighted by Gasteiger charge is 2.30. The standard InChI is InChI=1S/C20H17N3O3S/c24-17(23-9-3-6-14(23)16-8-4-10-27-16)11-22-12-21-18-13-5-1-2-7-15(13)26-19(18)20(22)25/h1-2,4-5,7-8,10,12,14H,3,6,9,11H2. The van der Waals surface area contributed by atoms with Gasteiger partial charge in [0.2, 0.25) is 11.5 Å². The van der Waals surface area contributed by atoms with E-state index in [4.69, 9.17) is 4.42 Å². The second-order valence-electron chi connectivity index (χ2n) is 6.71. The van der Waals surface area contributed by atoms with Crippen LogP contribution in [-0.4, -0.2) is 26.9 Å². The number of hydrogen-bond acceptors (Lipinski definition) is 5. The second kappa shape index (κ2) is 6.35. The van der Waals surface area contributed by atoms with Crippen molar-refractivity contribution in [2.24, 2.45) is 0 Å². The largest absolute Gasteiger partial charge is 0.448 e. The summed E-state index contributed by atoms with van der Waals surface area (Å²) < 4.78 is 7.04. The second-order valence-corrected chi connectivity index (χ2v) is 7.69. The molecule has 3 aromatic heterocycles. The molecule has 0 N–H and O–H groups in total. The van der Waals surface area contributed by atoms with Crippen LogP contribution in [-0.2, 0) is 11.3 Å². The number of nitrogens with zero attached hydrogens (tertiary/aromatic N) is 3. The van der Waals surface area contributed by atoms with Crippen molar-refractivity contribution in [2.75, 3.05) is 6.54 Å². The first-order valence-electron chi connectivity index (χ1n) is 8.92. The summed E-state index contributed by atoms with van der Waals surface area (Å²) in [4.78, 5) is 33.2. The Labute approximate surface area is 158 Å². The van der Waals surface area contributed by atoms with Gasteiger partial charge in [0.15, 0.2) is 0 Å². The molecule has 1 aromatic carbocycles. The van der Waals surface area contributed by atoms with Crippen LogP contribution in [0.2, 0.25) is 0 Å². The molecule has 0 bridgehead atoms. The fourth-order valence-electron chi connectivity index (χ4n) is 3.81. The molecule has 0 radical (unpaired) electrons. The number of fused-ring (bicyclic) bond motifs is 3. The van der Waals surface area contributed by atoms with E-state index in [-0.39, 0.29) is 29.6 Å². The summed E-state index contributed by atoms with van der Waals surface area (Å²) in [7, 11) is 0. The quantitative estimate of drug-likeness (QED) is 0.546. The number of thiophene rings is 1. The summed E-state index contributed by atoms with van der Waals surface area (Å²) in [6.45, 7) is 0.692. The molecule has 27 heavy (non-hydrogen) atoms. The zero-order chi connectivity index (χ0) is 18.4. The summed E-state index contributed by atoms with van der Waals surface area (Å²) in [5.74, 6) is -0.0646. The van der Waals surface area contributed by atoms with Gasteiger partial charge in [-0.25, -0.2) is 4.98 Å². The van der Waals surface area contributed by atoms with Crippen molar-refractivity contribution < 1.29 is 9.21 Å². The molecule has 1 amide bonds. The predicted octanol–water partition coefficient (Wildman–Crippen LogP) is 3.57. The molecule has 136 valence electrons. The van der Waals surface area contributed by atoms with Crippen LogP contribution in [0.3, 0.4) is 0 Å². The Balaban J connectivity index is 1.47. The van der Waals surface area contributed by atoms with Crippen LogP contribution >= 0.6 is 11.3 Å². The molecule has 1 aliphatic rings. The summed E-state index contributed by atoms with van der Waals surface area (Å²) in [5, 5.41) is 2.83. The maximum atomic E-state index is 12.9. The Kier molecular flexibility index (Phi) is 3.82. The Morgan fingerprint density at radius 1 is 1.26 bits per heavy atom. The number of benzene rings is 1. The lowest BCUT2D eigenvalue weighted by molar-refractivity contribution is -0.132. The highest BCUT2D eigenvalue weighted by atomic mass is 32.1. The van der Waals surface area contributed by atoms with Gasteiger partial charge < -0.3 is 9.32 Å². The lowest BCUT2D eigenvalue weighted by atomic mass is 10.2. The van der Waals surface area contributed by atoms with Gasteiger partial charge in [-0.15, -0.1) is 11.3 Å². The van der Waals surface area contributed by atoms with Crippen molar-refractivity contribution in [2.45, 2.75) is 25.4 Å². The van der Waals surface area contributed by atoms with Gasteiger partial charge in [0.05, 0.1) is 12.4 Å². The minimum atomic E-state index is -0.323. The smallest absolute Gasteiger partial charge is 0.297 e.